The van der Waals surface area contributed by atoms with E-state index in [1.807, 2.05) is 0 Å². The van der Waals surface area contributed by atoms with Crippen molar-refractivity contribution in [2.75, 3.05) is 12.5 Å². The SMILES string of the molecule is C[S+](C)O[C-]=C1C(C)(C)c2ccccc2C1(C)C.[K+]. The molecule has 0 N–H and O–H groups in total. The van der Waals surface area contributed by atoms with Crippen molar-refractivity contribution in [1.82, 2.24) is 0 Å². The van der Waals surface area contributed by atoms with Gasteiger partial charge in [-0.25, -0.2) is 6.26 Å². The summed E-state index contributed by atoms with van der Waals surface area (Å²) in [4.78, 5) is 0. The van der Waals surface area contributed by atoms with Crippen LogP contribution in [0.1, 0.15) is 38.8 Å². The van der Waals surface area contributed by atoms with Crippen molar-refractivity contribution in [3.05, 3.63) is 47.2 Å². The first-order valence-corrected chi connectivity index (χ1v) is 8.23. The fourth-order valence-corrected chi connectivity index (χ4v) is 3.25. The molecule has 3 heteroatoms. The van der Waals surface area contributed by atoms with Crippen LogP contribution in [0.25, 0.3) is 0 Å². The van der Waals surface area contributed by atoms with E-state index in [1.54, 1.807) is 0 Å². The van der Waals surface area contributed by atoms with E-state index >= 15 is 0 Å². The number of allylic oxidation sites excluding steroid dienone is 1. The Labute approximate surface area is 163 Å². The maximum atomic E-state index is 5.67. The summed E-state index contributed by atoms with van der Waals surface area (Å²) in [7, 11) is 0. The third kappa shape index (κ3) is 3.17. The maximum Gasteiger partial charge on any atom is 1.00 e. The largest absolute Gasteiger partial charge is 1.00 e. The van der Waals surface area contributed by atoms with Crippen LogP contribution in [-0.4, -0.2) is 12.5 Å². The fraction of sp³-hybridized carbons (Fsp3) is 0.500. The Kier molecular flexibility index (Phi) is 5.85. The van der Waals surface area contributed by atoms with E-state index in [1.165, 1.54) is 16.7 Å². The van der Waals surface area contributed by atoms with E-state index < -0.39 is 0 Å². The van der Waals surface area contributed by atoms with Crippen LogP contribution in [0.15, 0.2) is 29.8 Å². The molecular formula is C16H22KOS+. The molecule has 98 valence electrons. The molecule has 0 atom stereocenters. The standard InChI is InChI=1S/C16H22OS.K/c1-15(2)12-9-7-8-10-13(12)16(3,4)14(15)11-17-18(5)6;/h7-10H,1-6H3;/q;+1. The summed E-state index contributed by atoms with van der Waals surface area (Å²) < 4.78 is 5.67. The molecule has 0 saturated carbocycles. The summed E-state index contributed by atoms with van der Waals surface area (Å²) in [5.41, 5.74) is 4.04. The topological polar surface area (TPSA) is 9.23 Å². The average Bonchev–Trinajstić information content (AvgIpc) is 2.42. The smallest absolute Gasteiger partial charge is 0.485 e. The second-order valence-corrected chi connectivity index (χ2v) is 7.75. The van der Waals surface area contributed by atoms with Crippen LogP contribution >= 0.6 is 0 Å². The Balaban J connectivity index is 0.00000180. The van der Waals surface area contributed by atoms with Gasteiger partial charge in [0.2, 0.25) is 0 Å². The van der Waals surface area contributed by atoms with Crippen molar-refractivity contribution in [1.29, 1.82) is 0 Å². The van der Waals surface area contributed by atoms with E-state index in [2.05, 4.69) is 70.7 Å². The Hall–Kier alpha value is 0.746. The monoisotopic (exact) mass is 301 g/mol. The second-order valence-electron chi connectivity index (χ2n) is 6.10. The summed E-state index contributed by atoms with van der Waals surface area (Å²) in [6.45, 7) is 9.04. The first-order valence-electron chi connectivity index (χ1n) is 6.26. The average molecular weight is 302 g/mol. The quantitative estimate of drug-likeness (QED) is 0.339. The van der Waals surface area contributed by atoms with Crippen molar-refractivity contribution in [2.45, 2.75) is 38.5 Å². The molecule has 0 aliphatic heterocycles. The second kappa shape index (κ2) is 6.25. The molecule has 1 aromatic carbocycles. The molecule has 0 saturated heterocycles. The molecule has 0 radical (unpaired) electrons. The molecule has 0 fully saturated rings. The predicted molar refractivity (Wildman–Crippen MR) is 79.5 cm³/mol. The zero-order valence-electron chi connectivity index (χ0n) is 13.1. The predicted octanol–water partition coefficient (Wildman–Crippen LogP) is 0.756. The van der Waals surface area contributed by atoms with E-state index in [0.717, 1.165) is 0 Å². The number of benzene rings is 1. The van der Waals surface area contributed by atoms with Gasteiger partial charge in [-0.3, -0.25) is 0 Å². The number of fused-ring (bicyclic) bond motifs is 1. The van der Waals surface area contributed by atoms with Gasteiger partial charge in [0.25, 0.3) is 0 Å². The summed E-state index contributed by atoms with van der Waals surface area (Å²) in [5, 5.41) is 0. The molecule has 0 unspecified atom stereocenters. The molecule has 1 nitrogen and oxygen atoms in total. The van der Waals surface area contributed by atoms with E-state index in [-0.39, 0.29) is 73.4 Å². The minimum absolute atomic E-state index is 0. The zero-order chi connectivity index (χ0) is 13.6. The molecular weight excluding hydrogens is 279 g/mol. The van der Waals surface area contributed by atoms with Gasteiger partial charge in [-0.2, -0.15) is 5.57 Å². The molecule has 1 aliphatic rings. The fourth-order valence-electron chi connectivity index (χ4n) is 3.00. The number of rotatable bonds is 2. The van der Waals surface area contributed by atoms with Crippen LogP contribution < -0.4 is 51.4 Å². The maximum absolute atomic E-state index is 5.67. The molecule has 2 rings (SSSR count). The molecule has 1 aromatic rings. The first-order chi connectivity index (χ1) is 8.28. The summed E-state index contributed by atoms with van der Waals surface area (Å²) >= 11 is -0.0752. The molecule has 0 amide bonds. The molecule has 0 bridgehead atoms. The summed E-state index contributed by atoms with van der Waals surface area (Å²) in [5.74, 6) is 0. The Morgan fingerprint density at radius 2 is 1.37 bits per heavy atom. The molecule has 0 heterocycles. The zero-order valence-corrected chi connectivity index (χ0v) is 17.1. The van der Waals surface area contributed by atoms with Crippen LogP contribution in [0.3, 0.4) is 0 Å². The Morgan fingerprint density at radius 3 is 1.74 bits per heavy atom. The Morgan fingerprint density at radius 1 is 0.947 bits per heavy atom. The van der Waals surface area contributed by atoms with Crippen molar-refractivity contribution in [2.24, 2.45) is 0 Å². The van der Waals surface area contributed by atoms with Crippen molar-refractivity contribution in [3.8, 4) is 0 Å². The third-order valence-electron chi connectivity index (χ3n) is 3.83. The number of hydrogen-bond donors (Lipinski definition) is 0. The third-order valence-corrected chi connectivity index (χ3v) is 4.25. The van der Waals surface area contributed by atoms with E-state index in [0.29, 0.717) is 0 Å². The Bertz CT molecular complexity index is 452. The van der Waals surface area contributed by atoms with Gasteiger partial charge in [0.15, 0.2) is 0 Å². The first kappa shape index (κ1) is 17.8. The van der Waals surface area contributed by atoms with Crippen LogP contribution in [0.2, 0.25) is 0 Å². The van der Waals surface area contributed by atoms with Gasteiger partial charge in [-0.15, -0.1) is 0 Å². The van der Waals surface area contributed by atoms with Gasteiger partial charge in [-0.05, 0) is 22.0 Å². The van der Waals surface area contributed by atoms with Gasteiger partial charge < -0.3 is 4.18 Å². The van der Waals surface area contributed by atoms with Crippen LogP contribution in [-0.2, 0) is 26.2 Å². The van der Waals surface area contributed by atoms with E-state index in [9.17, 15) is 0 Å². The number of hydrogen-bond acceptors (Lipinski definition) is 1. The van der Waals surface area contributed by atoms with Gasteiger partial charge in [0.1, 0.15) is 23.7 Å². The molecule has 1 aliphatic carbocycles. The van der Waals surface area contributed by atoms with Gasteiger partial charge in [0.05, 0.1) is 0 Å². The normalized spacial score (nSPS) is 18.8. The molecule has 0 spiro atoms. The van der Waals surface area contributed by atoms with Crippen LogP contribution in [0, 0.1) is 6.26 Å². The molecule has 0 aromatic heterocycles. The summed E-state index contributed by atoms with van der Waals surface area (Å²) in [6.07, 6.45) is 7.37. The van der Waals surface area contributed by atoms with Crippen molar-refractivity contribution < 1.29 is 55.6 Å². The van der Waals surface area contributed by atoms with Gasteiger partial charge in [-0.1, -0.05) is 52.0 Å². The minimum atomic E-state index is -0.0752. The van der Waals surface area contributed by atoms with Crippen molar-refractivity contribution >= 4 is 11.2 Å². The van der Waals surface area contributed by atoms with Gasteiger partial charge >= 0.3 is 51.4 Å². The van der Waals surface area contributed by atoms with Crippen LogP contribution in [0.4, 0.5) is 0 Å². The minimum Gasteiger partial charge on any atom is -0.485 e. The van der Waals surface area contributed by atoms with Gasteiger partial charge in [0, 0.05) is 0 Å². The van der Waals surface area contributed by atoms with Crippen LogP contribution in [0.5, 0.6) is 0 Å². The molecule has 19 heavy (non-hydrogen) atoms. The van der Waals surface area contributed by atoms with E-state index in [4.69, 9.17) is 4.18 Å². The van der Waals surface area contributed by atoms with Crippen molar-refractivity contribution in [3.63, 3.8) is 0 Å². The summed E-state index contributed by atoms with van der Waals surface area (Å²) in [6, 6.07) is 8.68.